The average molecular weight is 283 g/mol. The molecule has 100 valence electrons. The monoisotopic (exact) mass is 283 g/mol. The second-order valence-electron chi connectivity index (χ2n) is 4.49. The number of nitrogens with zero attached hydrogens (tertiary/aromatic N) is 3. The fourth-order valence-electron chi connectivity index (χ4n) is 2.05. The molecule has 0 aliphatic carbocycles. The minimum atomic E-state index is 0.0218. The Morgan fingerprint density at radius 2 is 2.00 bits per heavy atom. The first-order valence-electron chi connectivity index (χ1n) is 6.23. The molecule has 4 nitrogen and oxygen atoms in total. The maximum absolute atomic E-state index is 11.5. The molecule has 0 N–H and O–H groups in total. The topological polar surface area (TPSA) is 47.8 Å². The van der Waals surface area contributed by atoms with Crippen molar-refractivity contribution in [2.45, 2.75) is 13.8 Å². The molecule has 0 aliphatic rings. The van der Waals surface area contributed by atoms with Gasteiger partial charge in [0.05, 0.1) is 23.1 Å². The molecule has 0 fully saturated rings. The van der Waals surface area contributed by atoms with Gasteiger partial charge in [-0.25, -0.2) is 9.67 Å². The van der Waals surface area contributed by atoms with Crippen LogP contribution in [0.1, 0.15) is 23.0 Å². The largest absolute Gasteiger partial charge is 0.294 e. The van der Waals surface area contributed by atoms with Crippen LogP contribution in [0.15, 0.2) is 41.9 Å². The number of hydrogen-bond donors (Lipinski definition) is 0. The summed E-state index contributed by atoms with van der Waals surface area (Å²) in [7, 11) is 0. The lowest BCUT2D eigenvalue weighted by atomic mass is 10.2. The summed E-state index contributed by atoms with van der Waals surface area (Å²) in [5.74, 6) is 0.0218. The molecule has 0 saturated heterocycles. The van der Waals surface area contributed by atoms with Gasteiger partial charge in [0.15, 0.2) is 5.78 Å². The highest BCUT2D eigenvalue weighted by Gasteiger charge is 2.14. The van der Waals surface area contributed by atoms with Crippen LogP contribution in [0.25, 0.3) is 16.4 Å². The molecule has 0 spiro atoms. The van der Waals surface area contributed by atoms with E-state index in [0.29, 0.717) is 5.56 Å². The number of Topliss-reactive ketones (excluding diaryl/α,β-unsaturated/α-hetero) is 1. The van der Waals surface area contributed by atoms with Crippen LogP contribution in [0.4, 0.5) is 0 Å². The van der Waals surface area contributed by atoms with E-state index in [1.54, 1.807) is 17.8 Å². The Bertz CT molecular complexity index is 759. The average Bonchev–Trinajstić information content (AvgIpc) is 3.06. The van der Waals surface area contributed by atoms with E-state index in [9.17, 15) is 4.79 Å². The molecule has 0 amide bonds. The summed E-state index contributed by atoms with van der Waals surface area (Å²) in [6.45, 7) is 3.43. The molecule has 2 aromatic heterocycles. The highest BCUT2D eigenvalue weighted by Crippen LogP contribution is 2.25. The third kappa shape index (κ3) is 2.16. The molecule has 20 heavy (non-hydrogen) atoms. The van der Waals surface area contributed by atoms with E-state index in [-0.39, 0.29) is 5.78 Å². The van der Waals surface area contributed by atoms with Gasteiger partial charge >= 0.3 is 0 Å². The van der Waals surface area contributed by atoms with E-state index in [2.05, 4.69) is 10.1 Å². The number of benzene rings is 1. The third-order valence-corrected chi connectivity index (χ3v) is 3.95. The summed E-state index contributed by atoms with van der Waals surface area (Å²) >= 11 is 1.51. The molecule has 5 heteroatoms. The zero-order chi connectivity index (χ0) is 14.1. The number of hydrogen-bond acceptors (Lipinski definition) is 4. The van der Waals surface area contributed by atoms with Crippen molar-refractivity contribution in [3.8, 4) is 16.4 Å². The Labute approximate surface area is 120 Å². The molecule has 2 heterocycles. The Kier molecular flexibility index (Phi) is 3.20. The molecule has 3 rings (SSSR count). The second-order valence-corrected chi connectivity index (χ2v) is 5.33. The van der Waals surface area contributed by atoms with Crippen LogP contribution in [-0.4, -0.2) is 20.5 Å². The molecule has 1 aromatic carbocycles. The van der Waals surface area contributed by atoms with Gasteiger partial charge in [0.2, 0.25) is 5.13 Å². The molecule has 0 atom stereocenters. The Hall–Kier alpha value is -2.27. The predicted octanol–water partition coefficient (Wildman–Crippen LogP) is 3.51. The number of ketones is 1. The maximum atomic E-state index is 11.5. The van der Waals surface area contributed by atoms with Gasteiger partial charge in [0, 0.05) is 10.9 Å². The van der Waals surface area contributed by atoms with Crippen LogP contribution in [0.5, 0.6) is 0 Å². The summed E-state index contributed by atoms with van der Waals surface area (Å²) < 4.78 is 1.72. The number of carbonyl (C=O) groups is 1. The quantitative estimate of drug-likeness (QED) is 0.691. The van der Waals surface area contributed by atoms with Crippen molar-refractivity contribution in [2.24, 2.45) is 0 Å². The molecule has 0 aliphatic heterocycles. The van der Waals surface area contributed by atoms with E-state index in [4.69, 9.17) is 0 Å². The van der Waals surface area contributed by atoms with Gasteiger partial charge in [0.25, 0.3) is 0 Å². The first-order chi connectivity index (χ1) is 9.66. The lowest BCUT2D eigenvalue weighted by Crippen LogP contribution is -2.00. The standard InChI is InChI=1S/C15H13N3OS/c1-10-13(11(2)19)8-16-18(10)15-17-14(9-20-15)12-6-4-3-5-7-12/h3-9H,1-2H3. The van der Waals surface area contributed by atoms with Crippen molar-refractivity contribution in [3.05, 3.63) is 53.2 Å². The molecular formula is C15H13N3OS. The molecule has 0 bridgehead atoms. The minimum Gasteiger partial charge on any atom is -0.294 e. The third-order valence-electron chi connectivity index (χ3n) is 3.13. The second kappa shape index (κ2) is 5.02. The number of thiazole rings is 1. The summed E-state index contributed by atoms with van der Waals surface area (Å²) in [5.41, 5.74) is 3.46. The molecule has 0 saturated carbocycles. The summed E-state index contributed by atoms with van der Waals surface area (Å²) in [5, 5.41) is 7.03. The fourth-order valence-corrected chi connectivity index (χ4v) is 2.89. The lowest BCUT2D eigenvalue weighted by molar-refractivity contribution is 0.101. The first-order valence-corrected chi connectivity index (χ1v) is 7.11. The Balaban J connectivity index is 2.01. The van der Waals surface area contributed by atoms with Gasteiger partial charge in [-0.1, -0.05) is 30.3 Å². The first kappa shape index (κ1) is 12.7. The SMILES string of the molecule is CC(=O)c1cnn(-c2nc(-c3ccccc3)cs2)c1C. The number of aromatic nitrogens is 3. The molecule has 3 aromatic rings. The summed E-state index contributed by atoms with van der Waals surface area (Å²) in [6.07, 6.45) is 1.60. The van der Waals surface area contributed by atoms with Crippen molar-refractivity contribution in [3.63, 3.8) is 0 Å². The smallest absolute Gasteiger partial charge is 0.211 e. The molecule has 0 radical (unpaired) electrons. The normalized spacial score (nSPS) is 10.7. The van der Waals surface area contributed by atoms with E-state index in [1.165, 1.54) is 11.3 Å². The molecule has 0 unspecified atom stereocenters. The van der Waals surface area contributed by atoms with E-state index >= 15 is 0 Å². The van der Waals surface area contributed by atoms with Crippen LogP contribution in [0, 0.1) is 6.92 Å². The van der Waals surface area contributed by atoms with Gasteiger partial charge in [-0.15, -0.1) is 11.3 Å². The summed E-state index contributed by atoms with van der Waals surface area (Å²) in [4.78, 5) is 16.1. The van der Waals surface area contributed by atoms with E-state index < -0.39 is 0 Å². The van der Waals surface area contributed by atoms with Crippen LogP contribution >= 0.6 is 11.3 Å². The van der Waals surface area contributed by atoms with E-state index in [1.807, 2.05) is 42.6 Å². The van der Waals surface area contributed by atoms with Crippen molar-refractivity contribution in [2.75, 3.05) is 0 Å². The number of rotatable bonds is 3. The van der Waals surface area contributed by atoms with Gasteiger partial charge in [-0.2, -0.15) is 5.10 Å². The van der Waals surface area contributed by atoms with E-state index in [0.717, 1.165) is 22.1 Å². The predicted molar refractivity (Wildman–Crippen MR) is 79.4 cm³/mol. The van der Waals surface area contributed by atoms with Crippen LogP contribution in [-0.2, 0) is 0 Å². The zero-order valence-corrected chi connectivity index (χ0v) is 12.0. The minimum absolute atomic E-state index is 0.0218. The molecular weight excluding hydrogens is 270 g/mol. The van der Waals surface area contributed by atoms with Crippen molar-refractivity contribution >= 4 is 17.1 Å². The van der Waals surface area contributed by atoms with Crippen molar-refractivity contribution < 1.29 is 4.79 Å². The Morgan fingerprint density at radius 1 is 1.25 bits per heavy atom. The summed E-state index contributed by atoms with van der Waals surface area (Å²) in [6, 6.07) is 10.0. The maximum Gasteiger partial charge on any atom is 0.211 e. The number of carbonyl (C=O) groups excluding carboxylic acids is 1. The van der Waals surface area contributed by atoms with Gasteiger partial charge < -0.3 is 0 Å². The fraction of sp³-hybridized carbons (Fsp3) is 0.133. The lowest BCUT2D eigenvalue weighted by Gasteiger charge is -1.99. The highest BCUT2D eigenvalue weighted by atomic mass is 32.1. The van der Waals surface area contributed by atoms with Crippen LogP contribution in [0.2, 0.25) is 0 Å². The van der Waals surface area contributed by atoms with Crippen LogP contribution in [0.3, 0.4) is 0 Å². The van der Waals surface area contributed by atoms with Crippen LogP contribution < -0.4 is 0 Å². The zero-order valence-electron chi connectivity index (χ0n) is 11.2. The van der Waals surface area contributed by atoms with Crippen molar-refractivity contribution in [1.29, 1.82) is 0 Å². The highest BCUT2D eigenvalue weighted by molar-refractivity contribution is 7.12. The van der Waals surface area contributed by atoms with Crippen molar-refractivity contribution in [1.82, 2.24) is 14.8 Å². The van der Waals surface area contributed by atoms with Gasteiger partial charge in [-0.3, -0.25) is 4.79 Å². The Morgan fingerprint density at radius 3 is 2.65 bits per heavy atom. The van der Waals surface area contributed by atoms with Gasteiger partial charge in [-0.05, 0) is 13.8 Å². The van der Waals surface area contributed by atoms with Gasteiger partial charge in [0.1, 0.15) is 0 Å².